The van der Waals surface area contributed by atoms with Crippen molar-refractivity contribution in [1.29, 1.82) is 0 Å². The predicted molar refractivity (Wildman–Crippen MR) is 77.5 cm³/mol. The lowest BCUT2D eigenvalue weighted by molar-refractivity contribution is -0.143. The number of halogens is 3. The molecule has 8 heteroatoms. The second-order valence-electron chi connectivity index (χ2n) is 6.23. The monoisotopic (exact) mass is 325 g/mol. The van der Waals surface area contributed by atoms with Crippen molar-refractivity contribution in [1.82, 2.24) is 15.5 Å². The van der Waals surface area contributed by atoms with Crippen molar-refractivity contribution in [3.63, 3.8) is 0 Å². The summed E-state index contributed by atoms with van der Waals surface area (Å²) in [6.07, 6.45) is -2.38. The largest absolute Gasteiger partial charge is 0.401 e. The Hall–Kier alpha value is -1.02. The van der Waals surface area contributed by atoms with E-state index in [1.54, 1.807) is 0 Å². The Morgan fingerprint density at radius 3 is 2.64 bits per heavy atom. The van der Waals surface area contributed by atoms with Gasteiger partial charge in [0.15, 0.2) is 0 Å². The summed E-state index contributed by atoms with van der Waals surface area (Å²) in [6, 6.07) is -0.341. The van der Waals surface area contributed by atoms with Crippen LogP contribution in [0.2, 0.25) is 0 Å². The average Bonchev–Trinajstić information content (AvgIpc) is 2.82. The van der Waals surface area contributed by atoms with Gasteiger partial charge in [0.2, 0.25) is 0 Å². The molecule has 0 aromatic carbocycles. The van der Waals surface area contributed by atoms with Crippen molar-refractivity contribution in [2.45, 2.75) is 44.8 Å². The molecule has 0 bridgehead atoms. The molecule has 2 atom stereocenters. The molecule has 0 aliphatic carbocycles. The maximum atomic E-state index is 12.3. The number of nitrogens with one attached hydrogen (secondary N) is 2. The molecule has 0 spiro atoms. The minimum Gasteiger partial charge on any atom is -0.396 e. The SMILES string of the molecule is CCC(C)(CCO)NC(=O)NCC1CCN(CC(F)(F)F)C1. The molecule has 1 saturated heterocycles. The van der Waals surface area contributed by atoms with E-state index in [0.29, 0.717) is 38.9 Å². The summed E-state index contributed by atoms with van der Waals surface area (Å²) >= 11 is 0. The molecule has 5 nitrogen and oxygen atoms in total. The molecular formula is C14H26F3N3O2. The summed E-state index contributed by atoms with van der Waals surface area (Å²) in [5.74, 6) is 0.0406. The highest BCUT2D eigenvalue weighted by Gasteiger charge is 2.34. The van der Waals surface area contributed by atoms with Crippen LogP contribution in [0, 0.1) is 5.92 Å². The maximum absolute atomic E-state index is 12.3. The number of carbonyl (C=O) groups excluding carboxylic acids is 1. The summed E-state index contributed by atoms with van der Waals surface area (Å²) in [4.78, 5) is 13.2. The number of amides is 2. The van der Waals surface area contributed by atoms with Crippen LogP contribution in [0.25, 0.3) is 0 Å². The van der Waals surface area contributed by atoms with Crippen molar-refractivity contribution in [3.05, 3.63) is 0 Å². The van der Waals surface area contributed by atoms with E-state index in [-0.39, 0.29) is 18.6 Å². The van der Waals surface area contributed by atoms with Crippen LogP contribution in [0.4, 0.5) is 18.0 Å². The number of hydrogen-bond donors (Lipinski definition) is 3. The Labute approximate surface area is 129 Å². The van der Waals surface area contributed by atoms with Gasteiger partial charge in [0.05, 0.1) is 6.54 Å². The summed E-state index contributed by atoms with van der Waals surface area (Å²) in [5.41, 5.74) is -0.475. The highest BCUT2D eigenvalue weighted by molar-refractivity contribution is 5.74. The highest BCUT2D eigenvalue weighted by atomic mass is 19.4. The molecule has 0 aromatic heterocycles. The van der Waals surface area contributed by atoms with Crippen molar-refractivity contribution in [2.75, 3.05) is 32.8 Å². The number of hydrogen-bond acceptors (Lipinski definition) is 3. The van der Waals surface area contributed by atoms with Crippen molar-refractivity contribution >= 4 is 6.03 Å². The molecule has 22 heavy (non-hydrogen) atoms. The van der Waals surface area contributed by atoms with Gasteiger partial charge in [-0.3, -0.25) is 4.90 Å². The predicted octanol–water partition coefficient (Wildman–Crippen LogP) is 1.72. The Balaban J connectivity index is 2.31. The molecule has 1 fully saturated rings. The smallest absolute Gasteiger partial charge is 0.396 e. The Morgan fingerprint density at radius 1 is 1.41 bits per heavy atom. The molecule has 1 aliphatic heterocycles. The van der Waals surface area contributed by atoms with Crippen LogP contribution in [0.3, 0.4) is 0 Å². The summed E-state index contributed by atoms with van der Waals surface area (Å²) in [5, 5.41) is 14.5. The van der Waals surface area contributed by atoms with E-state index in [2.05, 4.69) is 10.6 Å². The molecule has 2 amide bonds. The Kier molecular flexibility index (Phi) is 6.93. The second-order valence-corrected chi connectivity index (χ2v) is 6.23. The van der Waals surface area contributed by atoms with Gasteiger partial charge >= 0.3 is 12.2 Å². The highest BCUT2D eigenvalue weighted by Crippen LogP contribution is 2.22. The van der Waals surface area contributed by atoms with Gasteiger partial charge in [-0.1, -0.05) is 6.92 Å². The van der Waals surface area contributed by atoms with E-state index in [1.165, 1.54) is 4.90 Å². The Morgan fingerprint density at radius 2 is 2.09 bits per heavy atom. The van der Waals surface area contributed by atoms with E-state index in [1.807, 2.05) is 13.8 Å². The fourth-order valence-electron chi connectivity index (χ4n) is 2.61. The third-order valence-electron chi connectivity index (χ3n) is 4.18. The van der Waals surface area contributed by atoms with Gasteiger partial charge < -0.3 is 15.7 Å². The zero-order chi connectivity index (χ0) is 16.8. The number of aliphatic hydroxyl groups excluding tert-OH is 1. The lowest BCUT2D eigenvalue weighted by Gasteiger charge is -2.29. The van der Waals surface area contributed by atoms with E-state index in [4.69, 9.17) is 5.11 Å². The van der Waals surface area contributed by atoms with Gasteiger partial charge in [0, 0.05) is 25.2 Å². The van der Waals surface area contributed by atoms with Gasteiger partial charge in [-0.25, -0.2) is 4.79 Å². The number of aliphatic hydroxyl groups is 1. The standard InChI is InChI=1S/C14H26F3N3O2/c1-3-13(2,5-7-21)19-12(22)18-8-11-4-6-20(9-11)10-14(15,16)17/h11,21H,3-10H2,1-2H3,(H2,18,19,22). The molecule has 0 saturated carbocycles. The molecule has 0 radical (unpaired) electrons. The van der Waals surface area contributed by atoms with Crippen LogP contribution in [0.15, 0.2) is 0 Å². The number of alkyl halides is 3. The minimum atomic E-state index is -4.17. The topological polar surface area (TPSA) is 64.6 Å². The molecule has 1 aliphatic rings. The van der Waals surface area contributed by atoms with Gasteiger partial charge in [-0.15, -0.1) is 0 Å². The van der Waals surface area contributed by atoms with E-state index >= 15 is 0 Å². The molecule has 2 unspecified atom stereocenters. The third kappa shape index (κ3) is 6.83. The lowest BCUT2D eigenvalue weighted by atomic mass is 9.95. The molecule has 1 heterocycles. The first-order valence-electron chi connectivity index (χ1n) is 7.63. The lowest BCUT2D eigenvalue weighted by Crippen LogP contribution is -2.51. The van der Waals surface area contributed by atoms with Gasteiger partial charge in [-0.2, -0.15) is 13.2 Å². The molecule has 0 aromatic rings. The normalized spacial score (nSPS) is 22.4. The van der Waals surface area contributed by atoms with Crippen LogP contribution < -0.4 is 10.6 Å². The number of likely N-dealkylation sites (tertiary alicyclic amines) is 1. The van der Waals surface area contributed by atoms with E-state index < -0.39 is 18.3 Å². The van der Waals surface area contributed by atoms with Crippen molar-refractivity contribution < 1.29 is 23.1 Å². The summed E-state index contributed by atoms with van der Waals surface area (Å²) < 4.78 is 36.9. The number of urea groups is 1. The van der Waals surface area contributed by atoms with Crippen molar-refractivity contribution in [2.24, 2.45) is 5.92 Å². The first kappa shape index (κ1) is 19.0. The second kappa shape index (κ2) is 8.01. The van der Waals surface area contributed by atoms with Crippen LogP contribution >= 0.6 is 0 Å². The zero-order valence-electron chi connectivity index (χ0n) is 13.2. The van der Waals surface area contributed by atoms with Crippen LogP contribution in [0.5, 0.6) is 0 Å². The van der Waals surface area contributed by atoms with Gasteiger partial charge in [-0.05, 0) is 38.6 Å². The first-order valence-corrected chi connectivity index (χ1v) is 7.63. The Bertz CT molecular complexity index is 366. The van der Waals surface area contributed by atoms with Crippen LogP contribution in [-0.4, -0.2) is 60.5 Å². The summed E-state index contributed by atoms with van der Waals surface area (Å²) in [6.45, 7) is 3.98. The average molecular weight is 325 g/mol. The van der Waals surface area contributed by atoms with Gasteiger partial charge in [0.1, 0.15) is 0 Å². The fourth-order valence-corrected chi connectivity index (χ4v) is 2.61. The van der Waals surface area contributed by atoms with Gasteiger partial charge in [0.25, 0.3) is 0 Å². The molecule has 1 rings (SSSR count). The van der Waals surface area contributed by atoms with Crippen LogP contribution in [-0.2, 0) is 0 Å². The minimum absolute atomic E-state index is 0.0142. The van der Waals surface area contributed by atoms with E-state index in [9.17, 15) is 18.0 Å². The zero-order valence-corrected chi connectivity index (χ0v) is 13.2. The summed E-state index contributed by atoms with van der Waals surface area (Å²) in [7, 11) is 0. The number of rotatable bonds is 7. The number of carbonyl (C=O) groups is 1. The van der Waals surface area contributed by atoms with Crippen molar-refractivity contribution in [3.8, 4) is 0 Å². The molecular weight excluding hydrogens is 299 g/mol. The molecule has 3 N–H and O–H groups in total. The fraction of sp³-hybridized carbons (Fsp3) is 0.929. The van der Waals surface area contributed by atoms with Crippen LogP contribution in [0.1, 0.15) is 33.1 Å². The first-order chi connectivity index (χ1) is 10.2. The maximum Gasteiger partial charge on any atom is 0.401 e. The quantitative estimate of drug-likeness (QED) is 0.668. The number of nitrogens with zero attached hydrogens (tertiary/aromatic N) is 1. The molecule has 130 valence electrons. The van der Waals surface area contributed by atoms with E-state index in [0.717, 1.165) is 0 Å². The third-order valence-corrected chi connectivity index (χ3v) is 4.18.